The van der Waals surface area contributed by atoms with Gasteiger partial charge in [-0.3, -0.25) is 4.79 Å². The summed E-state index contributed by atoms with van der Waals surface area (Å²) in [5, 5.41) is 6.51. The molecule has 2 heterocycles. The van der Waals surface area contributed by atoms with Crippen molar-refractivity contribution in [2.24, 2.45) is 0 Å². The molecule has 176 valence electrons. The number of rotatable bonds is 8. The van der Waals surface area contributed by atoms with Crippen LogP contribution in [0.3, 0.4) is 0 Å². The lowest BCUT2D eigenvalue weighted by Crippen LogP contribution is -2.44. The standard InChI is InChI=1S/C26H30N6O2/c1-28-15-5-10-23(33)32-16-6-7-20(17-32)31-26-24(25(27)29-18-30-26)19-11-13-22(14-12-19)34-21-8-3-2-4-9-21/h2-5,8-14,18,20,28H,6-7,15-17H2,1H3,(H3,27,29,30,31). The Kier molecular flexibility index (Phi) is 7.72. The molecule has 8 heteroatoms. The Hall–Kier alpha value is -3.91. The number of anilines is 2. The number of nitrogen functional groups attached to an aromatic ring is 1. The van der Waals surface area contributed by atoms with E-state index in [0.29, 0.717) is 24.7 Å². The molecule has 34 heavy (non-hydrogen) atoms. The number of ether oxygens (including phenoxy) is 1. The molecule has 1 atom stereocenters. The summed E-state index contributed by atoms with van der Waals surface area (Å²) in [4.78, 5) is 23.0. The normalized spacial score (nSPS) is 15.9. The number of nitrogens with two attached hydrogens (primary N) is 1. The number of likely N-dealkylation sites (tertiary alicyclic amines) is 1. The van der Waals surface area contributed by atoms with Gasteiger partial charge in [-0.25, -0.2) is 9.97 Å². The lowest BCUT2D eigenvalue weighted by atomic mass is 10.0. The van der Waals surface area contributed by atoms with Gasteiger partial charge in [0.15, 0.2) is 0 Å². The number of para-hydroxylation sites is 1. The molecule has 8 nitrogen and oxygen atoms in total. The lowest BCUT2D eigenvalue weighted by Gasteiger charge is -2.33. The molecular weight excluding hydrogens is 428 g/mol. The van der Waals surface area contributed by atoms with Gasteiger partial charge in [0.1, 0.15) is 29.5 Å². The second-order valence-corrected chi connectivity index (χ2v) is 8.15. The number of hydrogen-bond acceptors (Lipinski definition) is 7. The Morgan fingerprint density at radius 1 is 1.15 bits per heavy atom. The minimum Gasteiger partial charge on any atom is -0.457 e. The molecule has 2 aromatic carbocycles. The van der Waals surface area contributed by atoms with Crippen molar-refractivity contribution in [2.75, 3.05) is 37.7 Å². The minimum atomic E-state index is 0.0261. The number of piperidine rings is 1. The number of carbonyl (C=O) groups is 1. The third kappa shape index (κ3) is 5.90. The Bertz CT molecular complexity index is 1120. The smallest absolute Gasteiger partial charge is 0.246 e. The van der Waals surface area contributed by atoms with Crippen LogP contribution in [0.15, 0.2) is 73.1 Å². The van der Waals surface area contributed by atoms with Gasteiger partial charge >= 0.3 is 0 Å². The van der Waals surface area contributed by atoms with Gasteiger partial charge in [-0.05, 0) is 49.7 Å². The van der Waals surface area contributed by atoms with Crippen LogP contribution in [0.5, 0.6) is 11.5 Å². The van der Waals surface area contributed by atoms with E-state index in [4.69, 9.17) is 10.5 Å². The van der Waals surface area contributed by atoms with Crippen LogP contribution in [-0.4, -0.2) is 53.5 Å². The van der Waals surface area contributed by atoms with Crippen LogP contribution in [-0.2, 0) is 4.79 Å². The van der Waals surface area contributed by atoms with E-state index in [1.54, 1.807) is 6.08 Å². The van der Waals surface area contributed by atoms with Crippen LogP contribution in [0.25, 0.3) is 11.1 Å². The van der Waals surface area contributed by atoms with E-state index in [1.165, 1.54) is 6.33 Å². The fourth-order valence-corrected chi connectivity index (χ4v) is 3.98. The third-order valence-corrected chi connectivity index (χ3v) is 5.65. The van der Waals surface area contributed by atoms with E-state index in [9.17, 15) is 4.79 Å². The molecule has 3 aromatic rings. The first-order chi connectivity index (χ1) is 16.6. The summed E-state index contributed by atoms with van der Waals surface area (Å²) in [6, 6.07) is 17.4. The SMILES string of the molecule is CNCC=CC(=O)N1CCCC(Nc2ncnc(N)c2-c2ccc(Oc3ccccc3)cc2)C1. The Labute approximate surface area is 199 Å². The molecule has 4 N–H and O–H groups in total. The van der Waals surface area contributed by atoms with Crippen molar-refractivity contribution in [3.05, 3.63) is 73.1 Å². The van der Waals surface area contributed by atoms with Crippen LogP contribution >= 0.6 is 0 Å². The average molecular weight is 459 g/mol. The predicted molar refractivity (Wildman–Crippen MR) is 135 cm³/mol. The summed E-state index contributed by atoms with van der Waals surface area (Å²) in [7, 11) is 1.85. The van der Waals surface area contributed by atoms with Crippen molar-refractivity contribution in [1.29, 1.82) is 0 Å². The number of likely N-dealkylation sites (N-methyl/N-ethyl adjacent to an activating group) is 1. The second kappa shape index (κ2) is 11.3. The maximum atomic E-state index is 12.5. The predicted octanol–water partition coefficient (Wildman–Crippen LogP) is 3.70. The van der Waals surface area contributed by atoms with Crippen molar-refractivity contribution in [3.8, 4) is 22.6 Å². The van der Waals surface area contributed by atoms with E-state index in [0.717, 1.165) is 42.0 Å². The lowest BCUT2D eigenvalue weighted by molar-refractivity contribution is -0.127. The number of hydrogen-bond donors (Lipinski definition) is 3. The molecule has 1 aromatic heterocycles. The number of aromatic nitrogens is 2. The highest BCUT2D eigenvalue weighted by molar-refractivity contribution is 5.88. The fraction of sp³-hybridized carbons (Fsp3) is 0.269. The molecule has 1 saturated heterocycles. The quantitative estimate of drug-likeness (QED) is 0.442. The van der Waals surface area contributed by atoms with E-state index in [-0.39, 0.29) is 11.9 Å². The summed E-state index contributed by atoms with van der Waals surface area (Å²) in [6.07, 6.45) is 6.79. The number of amides is 1. The van der Waals surface area contributed by atoms with Gasteiger partial charge in [0.05, 0.1) is 5.56 Å². The maximum Gasteiger partial charge on any atom is 0.246 e. The molecule has 0 spiro atoms. The van der Waals surface area contributed by atoms with Crippen LogP contribution in [0, 0.1) is 0 Å². The highest BCUT2D eigenvalue weighted by Crippen LogP contribution is 2.33. The largest absolute Gasteiger partial charge is 0.457 e. The van der Waals surface area contributed by atoms with Crippen molar-refractivity contribution >= 4 is 17.5 Å². The van der Waals surface area contributed by atoms with E-state index < -0.39 is 0 Å². The number of carbonyl (C=O) groups excluding carboxylic acids is 1. The van der Waals surface area contributed by atoms with Crippen LogP contribution in [0.4, 0.5) is 11.6 Å². The Balaban J connectivity index is 1.48. The zero-order chi connectivity index (χ0) is 23.8. The summed E-state index contributed by atoms with van der Waals surface area (Å²) >= 11 is 0. The van der Waals surface area contributed by atoms with Crippen LogP contribution in [0.2, 0.25) is 0 Å². The average Bonchev–Trinajstić information content (AvgIpc) is 2.86. The molecule has 1 unspecified atom stereocenters. The zero-order valence-electron chi connectivity index (χ0n) is 19.3. The zero-order valence-corrected chi connectivity index (χ0v) is 19.3. The summed E-state index contributed by atoms with van der Waals surface area (Å²) < 4.78 is 5.90. The van der Waals surface area contributed by atoms with E-state index >= 15 is 0 Å². The Morgan fingerprint density at radius 2 is 1.91 bits per heavy atom. The molecule has 4 rings (SSSR count). The molecule has 1 amide bonds. The Morgan fingerprint density at radius 3 is 2.68 bits per heavy atom. The first kappa shape index (κ1) is 23.3. The second-order valence-electron chi connectivity index (χ2n) is 8.15. The van der Waals surface area contributed by atoms with Crippen LogP contribution in [0.1, 0.15) is 12.8 Å². The van der Waals surface area contributed by atoms with Crippen molar-refractivity contribution in [1.82, 2.24) is 20.2 Å². The summed E-state index contributed by atoms with van der Waals surface area (Å²) in [5.41, 5.74) is 7.89. The van der Waals surface area contributed by atoms with Gasteiger partial charge in [-0.1, -0.05) is 36.4 Å². The molecule has 0 saturated carbocycles. The van der Waals surface area contributed by atoms with Crippen molar-refractivity contribution in [2.45, 2.75) is 18.9 Å². The maximum absolute atomic E-state index is 12.5. The summed E-state index contributed by atoms with van der Waals surface area (Å²) in [5.74, 6) is 2.59. The van der Waals surface area contributed by atoms with Gasteiger partial charge in [0.2, 0.25) is 5.91 Å². The van der Waals surface area contributed by atoms with Crippen molar-refractivity contribution < 1.29 is 9.53 Å². The topological polar surface area (TPSA) is 105 Å². The first-order valence-corrected chi connectivity index (χ1v) is 11.4. The van der Waals surface area contributed by atoms with Crippen molar-refractivity contribution in [3.63, 3.8) is 0 Å². The number of nitrogens with zero attached hydrogens (tertiary/aromatic N) is 3. The summed E-state index contributed by atoms with van der Waals surface area (Å²) in [6.45, 7) is 2.03. The molecule has 0 radical (unpaired) electrons. The molecule has 0 aliphatic carbocycles. The van der Waals surface area contributed by atoms with E-state index in [1.807, 2.05) is 72.6 Å². The van der Waals surface area contributed by atoms with Gasteiger partial charge in [0, 0.05) is 31.8 Å². The van der Waals surface area contributed by atoms with Gasteiger partial charge in [0.25, 0.3) is 0 Å². The van der Waals surface area contributed by atoms with Gasteiger partial charge < -0.3 is 26.0 Å². The molecular formula is C26H30N6O2. The molecule has 1 aliphatic heterocycles. The van der Waals surface area contributed by atoms with Gasteiger partial charge in [-0.15, -0.1) is 0 Å². The highest BCUT2D eigenvalue weighted by atomic mass is 16.5. The van der Waals surface area contributed by atoms with Crippen LogP contribution < -0.4 is 21.1 Å². The molecule has 0 bridgehead atoms. The monoisotopic (exact) mass is 458 g/mol. The number of nitrogens with one attached hydrogen (secondary N) is 2. The molecule has 1 fully saturated rings. The minimum absolute atomic E-state index is 0.0261. The number of benzene rings is 2. The first-order valence-electron chi connectivity index (χ1n) is 11.4. The highest BCUT2D eigenvalue weighted by Gasteiger charge is 2.24. The fourth-order valence-electron chi connectivity index (χ4n) is 3.98. The third-order valence-electron chi connectivity index (χ3n) is 5.65. The molecule has 1 aliphatic rings. The van der Waals surface area contributed by atoms with Gasteiger partial charge in [-0.2, -0.15) is 0 Å². The van der Waals surface area contributed by atoms with E-state index in [2.05, 4.69) is 20.6 Å².